The van der Waals surface area contributed by atoms with E-state index in [1.165, 1.54) is 0 Å². The number of hydrogen-bond donors (Lipinski definition) is 2. The Morgan fingerprint density at radius 3 is 2.54 bits per heavy atom. The number of hydrogen-bond acceptors (Lipinski definition) is 3. The van der Waals surface area contributed by atoms with E-state index in [4.69, 9.17) is 11.6 Å². The van der Waals surface area contributed by atoms with Crippen molar-refractivity contribution in [2.24, 2.45) is 0 Å². The van der Waals surface area contributed by atoms with Crippen LogP contribution in [-0.2, 0) is 11.2 Å². The highest BCUT2D eigenvalue weighted by molar-refractivity contribution is 6.30. The van der Waals surface area contributed by atoms with Crippen molar-refractivity contribution in [3.63, 3.8) is 0 Å². The van der Waals surface area contributed by atoms with Crippen LogP contribution >= 0.6 is 11.6 Å². The fraction of sp³-hybridized carbons (Fsp3) is 0.273. The van der Waals surface area contributed by atoms with Gasteiger partial charge in [0.2, 0.25) is 5.91 Å². The van der Waals surface area contributed by atoms with Gasteiger partial charge in [-0.25, -0.2) is 0 Å². The lowest BCUT2D eigenvalue weighted by molar-refractivity contribution is -0.121. The van der Waals surface area contributed by atoms with Crippen molar-refractivity contribution in [3.8, 4) is 11.3 Å². The van der Waals surface area contributed by atoms with Gasteiger partial charge in [0.1, 0.15) is 0 Å². The first-order valence-corrected chi connectivity index (χ1v) is 9.95. The number of benzene rings is 2. The number of nitrogens with zero attached hydrogens (tertiary/aromatic N) is 2. The highest BCUT2D eigenvalue weighted by Crippen LogP contribution is 2.25. The molecule has 0 bridgehead atoms. The van der Waals surface area contributed by atoms with Crippen LogP contribution in [0.3, 0.4) is 0 Å². The van der Waals surface area contributed by atoms with E-state index in [2.05, 4.69) is 26.5 Å². The minimum absolute atomic E-state index is 0.0921. The first-order chi connectivity index (χ1) is 13.7. The molecule has 2 N–H and O–H groups in total. The number of halogens is 1. The predicted octanol–water partition coefficient (Wildman–Crippen LogP) is 4.06. The molecule has 0 unspecified atom stereocenters. The molecule has 0 atom stereocenters. The zero-order valence-electron chi connectivity index (χ0n) is 15.6. The summed E-state index contributed by atoms with van der Waals surface area (Å²) in [6, 6.07) is 19.9. The van der Waals surface area contributed by atoms with Gasteiger partial charge in [-0.1, -0.05) is 54.1 Å². The van der Waals surface area contributed by atoms with E-state index < -0.39 is 0 Å². The van der Waals surface area contributed by atoms with Gasteiger partial charge in [0.25, 0.3) is 0 Å². The molecule has 0 saturated carbocycles. The average molecular weight is 395 g/mol. The Bertz CT molecular complexity index is 915. The average Bonchev–Trinajstić information content (AvgIpc) is 3.20. The van der Waals surface area contributed by atoms with Crippen LogP contribution in [0.15, 0.2) is 60.7 Å². The van der Waals surface area contributed by atoms with Gasteiger partial charge in [-0.3, -0.25) is 9.89 Å². The normalized spacial score (nSPS) is 14.8. The molecule has 1 aliphatic rings. The molecule has 144 valence electrons. The Kier molecular flexibility index (Phi) is 5.63. The number of nitrogens with one attached hydrogen (secondary N) is 2. The summed E-state index contributed by atoms with van der Waals surface area (Å²) < 4.78 is 0. The third-order valence-corrected chi connectivity index (χ3v) is 5.36. The summed E-state index contributed by atoms with van der Waals surface area (Å²) in [5.74, 6) is 1.04. The molecular formula is C22H23ClN4O. The van der Waals surface area contributed by atoms with Crippen LogP contribution in [0.2, 0.25) is 5.02 Å². The van der Waals surface area contributed by atoms with Gasteiger partial charge in [-0.05, 0) is 36.1 Å². The number of amides is 1. The van der Waals surface area contributed by atoms with E-state index in [9.17, 15) is 4.79 Å². The second-order valence-corrected chi connectivity index (χ2v) is 7.57. The predicted molar refractivity (Wildman–Crippen MR) is 113 cm³/mol. The smallest absolute Gasteiger partial charge is 0.224 e. The molecule has 28 heavy (non-hydrogen) atoms. The minimum atomic E-state index is 0.0921. The summed E-state index contributed by atoms with van der Waals surface area (Å²) >= 11 is 5.96. The molecule has 1 aromatic heterocycles. The minimum Gasteiger partial charge on any atom is -0.355 e. The van der Waals surface area contributed by atoms with Crippen LogP contribution in [0.25, 0.3) is 11.3 Å². The number of anilines is 1. The monoisotopic (exact) mass is 394 g/mol. The second-order valence-electron chi connectivity index (χ2n) is 7.14. The van der Waals surface area contributed by atoms with Crippen LogP contribution in [-0.4, -0.2) is 35.2 Å². The molecule has 1 aliphatic heterocycles. The summed E-state index contributed by atoms with van der Waals surface area (Å²) in [6.07, 6.45) is 2.28. The highest BCUT2D eigenvalue weighted by atomic mass is 35.5. The van der Waals surface area contributed by atoms with Gasteiger partial charge < -0.3 is 10.2 Å². The summed E-state index contributed by atoms with van der Waals surface area (Å²) in [5, 5.41) is 11.5. The van der Waals surface area contributed by atoms with Crippen molar-refractivity contribution in [2.45, 2.75) is 25.3 Å². The summed E-state index contributed by atoms with van der Waals surface area (Å²) in [7, 11) is 0. The number of piperidine rings is 1. The Morgan fingerprint density at radius 2 is 1.82 bits per heavy atom. The van der Waals surface area contributed by atoms with Crippen molar-refractivity contribution in [2.75, 3.05) is 18.0 Å². The van der Waals surface area contributed by atoms with Crippen LogP contribution < -0.4 is 10.2 Å². The third kappa shape index (κ3) is 4.54. The third-order valence-electron chi connectivity index (χ3n) is 5.11. The maximum atomic E-state index is 12.3. The molecule has 6 heteroatoms. The van der Waals surface area contributed by atoms with Gasteiger partial charge in [0.05, 0.1) is 12.1 Å². The summed E-state index contributed by atoms with van der Waals surface area (Å²) in [5.41, 5.74) is 3.08. The molecule has 2 heterocycles. The second kappa shape index (κ2) is 8.48. The van der Waals surface area contributed by atoms with Crippen molar-refractivity contribution < 1.29 is 4.79 Å². The first kappa shape index (κ1) is 18.6. The molecule has 0 aliphatic carbocycles. The number of aromatic nitrogens is 2. The Hall–Kier alpha value is -2.79. The van der Waals surface area contributed by atoms with E-state index in [0.29, 0.717) is 6.42 Å². The summed E-state index contributed by atoms with van der Waals surface area (Å²) in [6.45, 7) is 1.75. The Morgan fingerprint density at radius 1 is 1.11 bits per heavy atom. The fourth-order valence-corrected chi connectivity index (χ4v) is 3.69. The van der Waals surface area contributed by atoms with E-state index in [-0.39, 0.29) is 11.9 Å². The van der Waals surface area contributed by atoms with Crippen LogP contribution in [0.1, 0.15) is 18.4 Å². The molecule has 1 fully saturated rings. The van der Waals surface area contributed by atoms with Crippen molar-refractivity contribution in [1.29, 1.82) is 0 Å². The maximum absolute atomic E-state index is 12.3. The molecule has 5 nitrogen and oxygen atoms in total. The number of aromatic amines is 1. The van der Waals surface area contributed by atoms with Crippen molar-refractivity contribution in [1.82, 2.24) is 15.5 Å². The molecular weight excluding hydrogens is 372 g/mol. The lowest BCUT2D eigenvalue weighted by Crippen LogP contribution is -2.45. The first-order valence-electron chi connectivity index (χ1n) is 9.57. The highest BCUT2D eigenvalue weighted by Gasteiger charge is 2.22. The molecule has 2 aromatic carbocycles. The van der Waals surface area contributed by atoms with Gasteiger partial charge >= 0.3 is 0 Å². The van der Waals surface area contributed by atoms with Gasteiger partial charge in [0, 0.05) is 30.2 Å². The van der Waals surface area contributed by atoms with E-state index >= 15 is 0 Å². The quantitative estimate of drug-likeness (QED) is 0.686. The van der Waals surface area contributed by atoms with Crippen LogP contribution in [0.5, 0.6) is 0 Å². The van der Waals surface area contributed by atoms with Crippen molar-refractivity contribution in [3.05, 3.63) is 71.2 Å². The van der Waals surface area contributed by atoms with E-state index in [1.807, 2.05) is 54.6 Å². The topological polar surface area (TPSA) is 61.0 Å². The Balaban J connectivity index is 1.29. The van der Waals surface area contributed by atoms with E-state index in [1.54, 1.807) is 0 Å². The summed E-state index contributed by atoms with van der Waals surface area (Å²) in [4.78, 5) is 14.5. The number of carbonyl (C=O) groups is 1. The zero-order valence-corrected chi connectivity index (χ0v) is 16.3. The van der Waals surface area contributed by atoms with Gasteiger partial charge in [-0.2, -0.15) is 5.10 Å². The molecule has 0 spiro atoms. The molecule has 4 rings (SSSR count). The SMILES string of the molecule is O=C(Cc1ccccc1)NC1CCN(c2cc(-c3ccc(Cl)cc3)[nH]n2)CC1. The lowest BCUT2D eigenvalue weighted by Gasteiger charge is -2.32. The Labute approximate surface area is 169 Å². The number of rotatable bonds is 5. The standard InChI is InChI=1S/C22H23ClN4O/c23-18-8-6-17(7-9-18)20-15-21(26-25-20)27-12-10-19(11-13-27)24-22(28)14-16-4-2-1-3-5-16/h1-9,15,19H,10-14H2,(H,24,28)(H,25,26). The van der Waals surface area contributed by atoms with Gasteiger partial charge in [-0.15, -0.1) is 0 Å². The molecule has 1 amide bonds. The van der Waals surface area contributed by atoms with Crippen molar-refractivity contribution >= 4 is 23.3 Å². The maximum Gasteiger partial charge on any atom is 0.224 e. The zero-order chi connectivity index (χ0) is 19.3. The number of carbonyl (C=O) groups excluding carboxylic acids is 1. The van der Waals surface area contributed by atoms with E-state index in [0.717, 1.165) is 53.6 Å². The lowest BCUT2D eigenvalue weighted by atomic mass is 10.0. The molecule has 1 saturated heterocycles. The van der Waals surface area contributed by atoms with Crippen LogP contribution in [0, 0.1) is 0 Å². The van der Waals surface area contributed by atoms with Gasteiger partial charge in [0.15, 0.2) is 5.82 Å². The van der Waals surface area contributed by atoms with Crippen LogP contribution in [0.4, 0.5) is 5.82 Å². The largest absolute Gasteiger partial charge is 0.355 e. The number of H-pyrrole nitrogens is 1. The fourth-order valence-electron chi connectivity index (χ4n) is 3.56. The molecule has 0 radical (unpaired) electrons. The molecule has 3 aromatic rings.